The van der Waals surface area contributed by atoms with E-state index >= 15 is 0 Å². The van der Waals surface area contributed by atoms with E-state index in [9.17, 15) is 8.42 Å². The third kappa shape index (κ3) is 2.16. The van der Waals surface area contributed by atoms with Crippen LogP contribution in [0.3, 0.4) is 0 Å². The monoisotopic (exact) mass is 326 g/mol. The van der Waals surface area contributed by atoms with Gasteiger partial charge in [-0.05, 0) is 37.0 Å². The zero-order chi connectivity index (χ0) is 14.7. The van der Waals surface area contributed by atoms with Gasteiger partial charge in [-0.3, -0.25) is 4.40 Å². The minimum absolute atomic E-state index is 0.216. The zero-order valence-electron chi connectivity index (χ0n) is 11.8. The molecule has 2 aliphatic carbocycles. The van der Waals surface area contributed by atoms with Gasteiger partial charge < -0.3 is 5.32 Å². The van der Waals surface area contributed by atoms with Crippen LogP contribution in [0.2, 0.25) is 0 Å². The van der Waals surface area contributed by atoms with Crippen LogP contribution < -0.4 is 10.0 Å². The Morgan fingerprint density at radius 1 is 1.48 bits per heavy atom. The molecule has 2 aromatic rings. The molecule has 0 unspecified atom stereocenters. The fourth-order valence-electron chi connectivity index (χ4n) is 3.08. The minimum atomic E-state index is -3.56. The van der Waals surface area contributed by atoms with E-state index in [1.165, 1.54) is 24.2 Å². The molecule has 2 N–H and O–H groups in total. The van der Waals surface area contributed by atoms with Gasteiger partial charge in [-0.25, -0.2) is 18.1 Å². The molecule has 2 aliphatic rings. The van der Waals surface area contributed by atoms with E-state index in [0.29, 0.717) is 17.3 Å². The molecule has 2 aromatic heterocycles. The van der Waals surface area contributed by atoms with Gasteiger partial charge in [0.05, 0.1) is 0 Å². The molecule has 0 amide bonds. The number of aromatic nitrogens is 2. The number of nitrogens with zero attached hydrogens (tertiary/aromatic N) is 2. The molecule has 0 aliphatic heterocycles. The quantitative estimate of drug-likeness (QED) is 0.850. The predicted molar refractivity (Wildman–Crippen MR) is 82.2 cm³/mol. The van der Waals surface area contributed by atoms with Gasteiger partial charge in [0.1, 0.15) is 0 Å². The highest BCUT2D eigenvalue weighted by Crippen LogP contribution is 2.60. The Morgan fingerprint density at radius 2 is 2.24 bits per heavy atom. The maximum Gasteiger partial charge on any atom is 0.260 e. The lowest BCUT2D eigenvalue weighted by atomic mass is 10.0. The lowest BCUT2D eigenvalue weighted by Gasteiger charge is -2.15. The molecule has 114 valence electrons. The van der Waals surface area contributed by atoms with Gasteiger partial charge in [-0.15, -0.1) is 11.3 Å². The fraction of sp³-hybridized carbons (Fsp3) is 0.615. The van der Waals surface area contributed by atoms with Crippen molar-refractivity contribution in [2.45, 2.75) is 30.7 Å². The van der Waals surface area contributed by atoms with Crippen molar-refractivity contribution < 1.29 is 8.42 Å². The van der Waals surface area contributed by atoms with Crippen molar-refractivity contribution in [1.29, 1.82) is 0 Å². The zero-order valence-corrected chi connectivity index (χ0v) is 13.4. The second-order valence-corrected chi connectivity index (χ2v) is 8.59. The normalized spacial score (nSPS) is 20.8. The van der Waals surface area contributed by atoms with E-state index in [1.54, 1.807) is 17.6 Å². The Bertz CT molecular complexity index is 784. The predicted octanol–water partition coefficient (Wildman–Crippen LogP) is 1.91. The van der Waals surface area contributed by atoms with Crippen LogP contribution in [-0.4, -0.2) is 31.4 Å². The molecule has 0 spiro atoms. The third-order valence-electron chi connectivity index (χ3n) is 4.66. The first kappa shape index (κ1) is 13.5. The number of rotatable bonds is 6. The SMILES string of the molecule is CNc1nc2sccn2c1S(=O)(=O)NCC1(C2CC2)CC1. The average molecular weight is 326 g/mol. The second-order valence-electron chi connectivity index (χ2n) is 6.03. The van der Waals surface area contributed by atoms with E-state index in [1.807, 2.05) is 5.38 Å². The molecule has 21 heavy (non-hydrogen) atoms. The maximum absolute atomic E-state index is 12.7. The number of hydrogen-bond acceptors (Lipinski definition) is 5. The van der Waals surface area contributed by atoms with Crippen molar-refractivity contribution >= 4 is 32.1 Å². The number of thiazole rings is 1. The topological polar surface area (TPSA) is 75.5 Å². The lowest BCUT2D eigenvalue weighted by molar-refractivity contribution is 0.431. The van der Waals surface area contributed by atoms with Gasteiger partial charge >= 0.3 is 0 Å². The van der Waals surface area contributed by atoms with Crippen LogP contribution in [0.1, 0.15) is 25.7 Å². The second kappa shape index (κ2) is 4.44. The molecule has 0 radical (unpaired) electrons. The summed E-state index contributed by atoms with van der Waals surface area (Å²) in [5.41, 5.74) is 0.241. The standard InChI is InChI=1S/C13H18N4O2S2/c1-14-10-11(17-6-7-20-12(17)16-10)21(18,19)15-8-13(4-5-13)9-2-3-9/h6-7,9,14-15H,2-5,8H2,1H3. The van der Waals surface area contributed by atoms with Crippen molar-refractivity contribution in [3.63, 3.8) is 0 Å². The molecule has 8 heteroatoms. The van der Waals surface area contributed by atoms with Crippen LogP contribution >= 0.6 is 11.3 Å². The molecule has 0 saturated heterocycles. The van der Waals surface area contributed by atoms with Crippen molar-refractivity contribution in [1.82, 2.24) is 14.1 Å². The first-order valence-electron chi connectivity index (χ1n) is 7.19. The summed E-state index contributed by atoms with van der Waals surface area (Å²) in [6.07, 6.45) is 6.56. The highest BCUT2D eigenvalue weighted by atomic mass is 32.2. The number of sulfonamides is 1. The summed E-state index contributed by atoms with van der Waals surface area (Å²) in [4.78, 5) is 5.00. The van der Waals surface area contributed by atoms with Crippen molar-refractivity contribution in [2.75, 3.05) is 18.9 Å². The average Bonchev–Trinajstić information content (AvgIpc) is 3.33. The van der Waals surface area contributed by atoms with Gasteiger partial charge in [0.15, 0.2) is 15.8 Å². The van der Waals surface area contributed by atoms with E-state index in [0.717, 1.165) is 18.8 Å². The Kier molecular flexibility index (Phi) is 2.86. The van der Waals surface area contributed by atoms with Crippen LogP contribution in [-0.2, 0) is 10.0 Å². The summed E-state index contributed by atoms with van der Waals surface area (Å²) in [7, 11) is -1.87. The number of fused-ring (bicyclic) bond motifs is 1. The number of nitrogens with one attached hydrogen (secondary N) is 2. The van der Waals surface area contributed by atoms with Crippen LogP contribution in [0, 0.1) is 11.3 Å². The van der Waals surface area contributed by atoms with Gasteiger partial charge in [0.25, 0.3) is 10.0 Å². The molecule has 2 saturated carbocycles. The Balaban J connectivity index is 1.64. The van der Waals surface area contributed by atoms with Crippen molar-refractivity contribution in [3.8, 4) is 0 Å². The smallest absolute Gasteiger partial charge is 0.260 e. The summed E-state index contributed by atoms with van der Waals surface area (Å²) in [5, 5.41) is 4.94. The van der Waals surface area contributed by atoms with Gasteiger partial charge in [-0.2, -0.15) is 0 Å². The van der Waals surface area contributed by atoms with E-state index in [2.05, 4.69) is 15.0 Å². The Hall–Kier alpha value is -1.12. The Labute approximate surface area is 127 Å². The first-order chi connectivity index (χ1) is 10.1. The summed E-state index contributed by atoms with van der Waals surface area (Å²) in [5.74, 6) is 1.14. The minimum Gasteiger partial charge on any atom is -0.371 e. The highest BCUT2D eigenvalue weighted by molar-refractivity contribution is 7.89. The van der Waals surface area contributed by atoms with E-state index in [4.69, 9.17) is 0 Å². The number of imidazole rings is 1. The van der Waals surface area contributed by atoms with Crippen molar-refractivity contribution in [2.24, 2.45) is 11.3 Å². The molecule has 2 heterocycles. The first-order valence-corrected chi connectivity index (χ1v) is 9.55. The largest absolute Gasteiger partial charge is 0.371 e. The fourth-order valence-corrected chi connectivity index (χ4v) is 5.27. The van der Waals surface area contributed by atoms with E-state index < -0.39 is 10.0 Å². The van der Waals surface area contributed by atoms with Gasteiger partial charge in [-0.1, -0.05) is 0 Å². The lowest BCUT2D eigenvalue weighted by Crippen LogP contribution is -2.32. The number of anilines is 1. The maximum atomic E-state index is 12.7. The van der Waals surface area contributed by atoms with Crippen molar-refractivity contribution in [3.05, 3.63) is 11.6 Å². The van der Waals surface area contributed by atoms with Crippen LogP contribution in [0.4, 0.5) is 5.82 Å². The summed E-state index contributed by atoms with van der Waals surface area (Å²) < 4.78 is 29.8. The molecular formula is C13H18N4O2S2. The molecule has 0 atom stereocenters. The van der Waals surface area contributed by atoms with Crippen LogP contribution in [0.25, 0.3) is 4.96 Å². The summed E-state index contributed by atoms with van der Waals surface area (Å²) >= 11 is 1.42. The van der Waals surface area contributed by atoms with E-state index in [-0.39, 0.29) is 10.4 Å². The number of hydrogen-bond donors (Lipinski definition) is 2. The highest BCUT2D eigenvalue weighted by Gasteiger charge is 2.53. The molecule has 0 bridgehead atoms. The summed E-state index contributed by atoms with van der Waals surface area (Å²) in [6, 6.07) is 0. The Morgan fingerprint density at radius 3 is 2.86 bits per heavy atom. The summed E-state index contributed by atoms with van der Waals surface area (Å²) in [6.45, 7) is 0.556. The molecule has 6 nitrogen and oxygen atoms in total. The van der Waals surface area contributed by atoms with Gasteiger partial charge in [0.2, 0.25) is 0 Å². The molecule has 0 aromatic carbocycles. The van der Waals surface area contributed by atoms with Crippen LogP contribution in [0.15, 0.2) is 16.6 Å². The molecular weight excluding hydrogens is 308 g/mol. The molecule has 2 fully saturated rings. The third-order valence-corrected chi connectivity index (χ3v) is 6.84. The molecule has 4 rings (SSSR count). The van der Waals surface area contributed by atoms with Gasteiger partial charge in [0, 0.05) is 25.2 Å². The van der Waals surface area contributed by atoms with Crippen LogP contribution in [0.5, 0.6) is 0 Å².